The molecule has 0 radical (unpaired) electrons. The molecule has 0 unspecified atom stereocenters. The number of halogens is 5. The summed E-state index contributed by atoms with van der Waals surface area (Å²) < 4.78 is 72.7. The SMILES string of the molecule is COC(=O)[C@H](Cc1ccc(-c2c(Cl)cc(F)cc2Cl)c2cccnc12)NC(=O)c1c(F)cc(NS(C)(=O)=O)cc1F. The largest absolute Gasteiger partial charge is 0.467 e. The molecule has 0 aliphatic rings. The number of methoxy groups -OCH3 is 1. The fourth-order valence-electron chi connectivity index (χ4n) is 4.26. The van der Waals surface area contributed by atoms with Gasteiger partial charge in [0.25, 0.3) is 5.91 Å². The van der Waals surface area contributed by atoms with E-state index >= 15 is 0 Å². The molecule has 41 heavy (non-hydrogen) atoms. The molecule has 214 valence electrons. The predicted molar refractivity (Wildman–Crippen MR) is 149 cm³/mol. The monoisotopic (exact) mass is 625 g/mol. The lowest BCUT2D eigenvalue weighted by Gasteiger charge is -2.19. The van der Waals surface area contributed by atoms with Gasteiger partial charge in [-0.2, -0.15) is 0 Å². The minimum Gasteiger partial charge on any atom is -0.467 e. The van der Waals surface area contributed by atoms with E-state index in [1.165, 1.54) is 6.20 Å². The molecular weight excluding hydrogens is 606 g/mol. The van der Waals surface area contributed by atoms with Gasteiger partial charge in [-0.25, -0.2) is 26.4 Å². The van der Waals surface area contributed by atoms with E-state index in [1.54, 1.807) is 24.3 Å². The number of esters is 1. The van der Waals surface area contributed by atoms with Crippen LogP contribution in [0.25, 0.3) is 22.0 Å². The lowest BCUT2D eigenvalue weighted by Crippen LogP contribution is -2.43. The summed E-state index contributed by atoms with van der Waals surface area (Å²) in [4.78, 5) is 29.9. The molecule has 0 aliphatic carbocycles. The molecule has 0 fully saturated rings. The van der Waals surface area contributed by atoms with Gasteiger partial charge in [0.05, 0.1) is 34.6 Å². The van der Waals surface area contributed by atoms with E-state index in [-0.39, 0.29) is 16.5 Å². The number of rotatable bonds is 8. The van der Waals surface area contributed by atoms with Crippen LogP contribution >= 0.6 is 23.2 Å². The number of hydrogen-bond acceptors (Lipinski definition) is 6. The molecule has 14 heteroatoms. The number of ether oxygens (including phenoxy) is 1. The number of carbonyl (C=O) groups is 2. The highest BCUT2D eigenvalue weighted by Gasteiger charge is 2.28. The van der Waals surface area contributed by atoms with Crippen LogP contribution in [0.3, 0.4) is 0 Å². The first kappa shape index (κ1) is 30.1. The molecule has 3 aromatic carbocycles. The Morgan fingerprint density at radius 3 is 2.24 bits per heavy atom. The number of pyridine rings is 1. The molecular formula is C27H20Cl2F3N3O5S. The third-order valence-corrected chi connectivity index (χ3v) is 7.12. The topological polar surface area (TPSA) is 114 Å². The molecule has 2 N–H and O–H groups in total. The summed E-state index contributed by atoms with van der Waals surface area (Å²) in [6, 6.07) is 8.67. The van der Waals surface area contributed by atoms with E-state index in [4.69, 9.17) is 27.9 Å². The maximum absolute atomic E-state index is 14.7. The molecule has 1 aromatic heterocycles. The highest BCUT2D eigenvalue weighted by Crippen LogP contribution is 2.39. The second-order valence-corrected chi connectivity index (χ2v) is 11.4. The average Bonchev–Trinajstić information content (AvgIpc) is 2.86. The van der Waals surface area contributed by atoms with Crippen LogP contribution in [0.1, 0.15) is 15.9 Å². The number of amides is 1. The standard InChI is InChI=1S/C27H20Cl2F3N3O5S/c1-40-27(37)22(34-26(36)24-20(31)11-15(12-21(24)32)35-41(2,38)39)8-13-5-6-16(17-4-3-7-33-25(13)17)23-18(28)9-14(30)10-19(23)29/h3-7,9-12,22,35H,8H2,1-2H3,(H,34,36)/t22-/m0/s1. The van der Waals surface area contributed by atoms with Crippen molar-refractivity contribution in [3.63, 3.8) is 0 Å². The zero-order valence-corrected chi connectivity index (χ0v) is 23.6. The average molecular weight is 626 g/mol. The minimum atomic E-state index is -3.84. The third kappa shape index (κ3) is 6.72. The van der Waals surface area contributed by atoms with Crippen molar-refractivity contribution in [3.8, 4) is 11.1 Å². The van der Waals surface area contributed by atoms with Gasteiger partial charge in [0.2, 0.25) is 10.0 Å². The predicted octanol–water partition coefficient (Wildman–Crippen LogP) is 5.51. The molecule has 0 saturated heterocycles. The van der Waals surface area contributed by atoms with Crippen LogP contribution < -0.4 is 10.0 Å². The smallest absolute Gasteiger partial charge is 0.328 e. The second kappa shape index (κ2) is 11.9. The number of fused-ring (bicyclic) bond motifs is 1. The van der Waals surface area contributed by atoms with E-state index in [0.29, 0.717) is 39.7 Å². The third-order valence-electron chi connectivity index (χ3n) is 5.92. The molecule has 1 heterocycles. The Kier molecular flexibility index (Phi) is 8.76. The van der Waals surface area contributed by atoms with Crippen molar-refractivity contribution in [2.24, 2.45) is 0 Å². The van der Waals surface area contributed by atoms with E-state index in [0.717, 1.165) is 25.5 Å². The molecule has 4 aromatic rings. The summed E-state index contributed by atoms with van der Waals surface area (Å²) in [6.07, 6.45) is 2.08. The van der Waals surface area contributed by atoms with Gasteiger partial charge in [-0.3, -0.25) is 14.5 Å². The number of benzene rings is 3. The molecule has 4 rings (SSSR count). The van der Waals surface area contributed by atoms with Gasteiger partial charge < -0.3 is 10.1 Å². The first-order valence-electron chi connectivity index (χ1n) is 11.7. The van der Waals surface area contributed by atoms with Crippen LogP contribution in [0.2, 0.25) is 10.0 Å². The Morgan fingerprint density at radius 2 is 1.66 bits per heavy atom. The summed E-state index contributed by atoms with van der Waals surface area (Å²) in [5, 5.41) is 2.95. The van der Waals surface area contributed by atoms with Crippen LogP contribution in [0.15, 0.2) is 54.7 Å². The van der Waals surface area contributed by atoms with Gasteiger partial charge in [0.15, 0.2) is 0 Å². The molecule has 1 amide bonds. The fraction of sp³-hybridized carbons (Fsp3) is 0.148. The van der Waals surface area contributed by atoms with E-state index in [1.807, 2.05) is 4.72 Å². The normalized spacial score (nSPS) is 12.2. The van der Waals surface area contributed by atoms with Gasteiger partial charge in [0.1, 0.15) is 29.1 Å². The zero-order chi connectivity index (χ0) is 30.1. The summed E-state index contributed by atoms with van der Waals surface area (Å²) >= 11 is 12.6. The number of anilines is 1. The van der Waals surface area contributed by atoms with Crippen molar-refractivity contribution in [1.82, 2.24) is 10.3 Å². The number of carbonyl (C=O) groups excluding carboxylic acids is 2. The molecule has 0 aliphatic heterocycles. The maximum atomic E-state index is 14.7. The van der Waals surface area contributed by atoms with Gasteiger partial charge in [-0.15, -0.1) is 0 Å². The Morgan fingerprint density at radius 1 is 1.02 bits per heavy atom. The Labute approximate surface area is 242 Å². The van der Waals surface area contributed by atoms with Crippen LogP contribution in [-0.2, 0) is 26.0 Å². The fourth-order valence-corrected chi connectivity index (χ4v) is 5.47. The van der Waals surface area contributed by atoms with Crippen molar-refractivity contribution in [2.45, 2.75) is 12.5 Å². The summed E-state index contributed by atoms with van der Waals surface area (Å²) in [7, 11) is -2.76. The van der Waals surface area contributed by atoms with Crippen molar-refractivity contribution < 1.29 is 35.9 Å². The highest BCUT2D eigenvalue weighted by molar-refractivity contribution is 7.92. The molecule has 0 bridgehead atoms. The zero-order valence-electron chi connectivity index (χ0n) is 21.3. The lowest BCUT2D eigenvalue weighted by molar-refractivity contribution is -0.142. The summed E-state index contributed by atoms with van der Waals surface area (Å²) in [5.41, 5.74) is 0.259. The number of hydrogen-bond donors (Lipinski definition) is 2. The van der Waals surface area contributed by atoms with Crippen molar-refractivity contribution in [1.29, 1.82) is 0 Å². The van der Waals surface area contributed by atoms with Crippen LogP contribution in [0, 0.1) is 17.5 Å². The quantitative estimate of drug-likeness (QED) is 0.250. The van der Waals surface area contributed by atoms with Gasteiger partial charge in [-0.05, 0) is 41.5 Å². The Bertz CT molecular complexity index is 1760. The number of aromatic nitrogens is 1. The van der Waals surface area contributed by atoms with E-state index < -0.39 is 56.6 Å². The summed E-state index contributed by atoms with van der Waals surface area (Å²) in [5.74, 6) is -5.52. The maximum Gasteiger partial charge on any atom is 0.328 e. The first-order chi connectivity index (χ1) is 19.3. The second-order valence-electron chi connectivity index (χ2n) is 8.86. The Balaban J connectivity index is 1.70. The van der Waals surface area contributed by atoms with Crippen LogP contribution in [0.5, 0.6) is 0 Å². The van der Waals surface area contributed by atoms with Crippen molar-refractivity contribution >= 4 is 61.7 Å². The lowest BCUT2D eigenvalue weighted by atomic mass is 9.95. The van der Waals surface area contributed by atoms with Gasteiger partial charge in [-0.1, -0.05) is 41.4 Å². The van der Waals surface area contributed by atoms with Crippen LogP contribution in [0.4, 0.5) is 18.9 Å². The van der Waals surface area contributed by atoms with Crippen LogP contribution in [-0.4, -0.2) is 44.7 Å². The number of nitrogens with one attached hydrogen (secondary N) is 2. The van der Waals surface area contributed by atoms with E-state index in [2.05, 4.69) is 10.3 Å². The number of sulfonamides is 1. The van der Waals surface area contributed by atoms with Gasteiger partial charge >= 0.3 is 5.97 Å². The minimum absolute atomic E-state index is 0.0643. The molecule has 0 spiro atoms. The van der Waals surface area contributed by atoms with Crippen molar-refractivity contribution in [3.05, 3.63) is 93.4 Å². The first-order valence-corrected chi connectivity index (χ1v) is 14.3. The Hall–Kier alpha value is -3.87. The number of nitrogens with zero attached hydrogens (tertiary/aromatic N) is 1. The van der Waals surface area contributed by atoms with Gasteiger partial charge in [0, 0.05) is 23.6 Å². The summed E-state index contributed by atoms with van der Waals surface area (Å²) in [6.45, 7) is 0. The molecule has 1 atom stereocenters. The van der Waals surface area contributed by atoms with Crippen molar-refractivity contribution in [2.75, 3.05) is 18.1 Å². The van der Waals surface area contributed by atoms with E-state index in [9.17, 15) is 31.2 Å². The highest BCUT2D eigenvalue weighted by atomic mass is 35.5. The molecule has 8 nitrogen and oxygen atoms in total. The molecule has 0 saturated carbocycles.